The summed E-state index contributed by atoms with van der Waals surface area (Å²) < 4.78 is 140. The molecule has 0 aliphatic carbocycles. The number of halogens is 13. The van der Waals surface area contributed by atoms with E-state index in [1.165, 1.54) is 19.2 Å². The van der Waals surface area contributed by atoms with Crippen LogP contribution in [-0.4, -0.2) is 144 Å². The Balaban J connectivity index is 0.000000199. The fourth-order valence-corrected chi connectivity index (χ4v) is 16.2. The van der Waals surface area contributed by atoms with Gasteiger partial charge in [0.15, 0.2) is 0 Å². The van der Waals surface area contributed by atoms with E-state index >= 15 is 17.6 Å². The van der Waals surface area contributed by atoms with Gasteiger partial charge >= 0.3 is 47.5 Å². The van der Waals surface area contributed by atoms with E-state index < -0.39 is 99.7 Å². The fourth-order valence-electron chi connectivity index (χ4n) is 14.2. The zero-order valence-electron chi connectivity index (χ0n) is 61.5. The number of methoxy groups -OCH3 is 2. The topological polar surface area (TPSA) is 257 Å². The molecule has 5 atom stereocenters. The van der Waals surface area contributed by atoms with Crippen molar-refractivity contribution in [1.82, 2.24) is 10.6 Å². The third kappa shape index (κ3) is 20.5. The van der Waals surface area contributed by atoms with Crippen LogP contribution >= 0.6 is 69.6 Å². The van der Waals surface area contributed by atoms with Gasteiger partial charge in [-0.25, -0.2) is 40.3 Å². The molecule has 0 unspecified atom stereocenters. The third-order valence-corrected chi connectivity index (χ3v) is 21.2. The van der Waals surface area contributed by atoms with Crippen LogP contribution in [0.1, 0.15) is 87.2 Å². The van der Waals surface area contributed by atoms with Gasteiger partial charge in [0.25, 0.3) is 11.8 Å². The maximum Gasteiger partial charge on any atom is 1.00 e. The summed E-state index contributed by atoms with van der Waals surface area (Å²) in [4.78, 5) is 66.4. The summed E-state index contributed by atoms with van der Waals surface area (Å²) in [5.41, 5.74) is 12.3. The number of carbonyl (C=O) groups is 5. The Morgan fingerprint density at radius 1 is 0.487 bits per heavy atom. The van der Waals surface area contributed by atoms with Gasteiger partial charge in [-0.05, 0) is 153 Å². The van der Waals surface area contributed by atoms with Crippen molar-refractivity contribution >= 4 is 111 Å². The molecule has 19 nitrogen and oxygen atoms in total. The fraction of sp³-hybridized carbons (Fsp3) is 0.338. The van der Waals surface area contributed by atoms with Crippen molar-refractivity contribution in [2.75, 3.05) is 83.4 Å². The van der Waals surface area contributed by atoms with Crippen molar-refractivity contribution in [2.45, 2.75) is 102 Å². The molecule has 13 rings (SSSR count). The van der Waals surface area contributed by atoms with Gasteiger partial charge in [0, 0.05) is 82.8 Å². The quantitative estimate of drug-likeness (QED) is 0.0354. The summed E-state index contributed by atoms with van der Waals surface area (Å²) in [7, 11) is 2.46. The minimum atomic E-state index is -1.51. The van der Waals surface area contributed by atoms with E-state index in [0.717, 1.165) is 85.2 Å². The molecule has 6 N–H and O–H groups in total. The Hall–Kier alpha value is -7.80. The molecule has 0 radical (unpaired) electrons. The van der Waals surface area contributed by atoms with E-state index in [0.29, 0.717) is 164 Å². The summed E-state index contributed by atoms with van der Waals surface area (Å²) in [5, 5.41) is 15.4. The number of nitrogens with zero attached hydrogens (tertiary/aromatic N) is 2. The number of anilines is 2. The van der Waals surface area contributed by atoms with Crippen molar-refractivity contribution in [3.05, 3.63) is 212 Å². The molecular formula is C80H75Cl6F7N5NaO14. The zero-order valence-corrected chi connectivity index (χ0v) is 68.1. The molecule has 8 aromatic carbocycles. The molecule has 596 valence electrons. The van der Waals surface area contributed by atoms with Crippen LogP contribution < -0.4 is 69.9 Å². The number of aliphatic carboxylic acids is 1. The smallest absolute Gasteiger partial charge is 0.870 e. The van der Waals surface area contributed by atoms with E-state index in [1.54, 1.807) is 34.1 Å². The van der Waals surface area contributed by atoms with E-state index in [-0.39, 0.29) is 95.8 Å². The van der Waals surface area contributed by atoms with Crippen molar-refractivity contribution in [3.8, 4) is 50.6 Å². The molecule has 0 aromatic heterocycles. The normalized spacial score (nSPS) is 16.2. The average Bonchev–Trinajstić information content (AvgIpc) is 0.761. The number of rotatable bonds is 18. The van der Waals surface area contributed by atoms with Crippen molar-refractivity contribution < 1.29 is 128 Å². The molecule has 5 aliphatic rings. The van der Waals surface area contributed by atoms with Gasteiger partial charge in [-0.2, -0.15) is 0 Å². The van der Waals surface area contributed by atoms with Gasteiger partial charge in [0.05, 0.1) is 90.6 Å². The van der Waals surface area contributed by atoms with Crippen LogP contribution in [0.4, 0.5) is 42.1 Å². The number of hydrogen-bond donors (Lipinski definition) is 4. The first-order chi connectivity index (χ1) is 53.0. The Morgan fingerprint density at radius 2 is 0.796 bits per heavy atom. The Morgan fingerprint density at radius 3 is 1.11 bits per heavy atom. The largest absolute Gasteiger partial charge is 1.00 e. The number of nitrogens with one attached hydrogen (secondary N) is 2. The molecule has 113 heavy (non-hydrogen) atoms. The number of nitrogens with two attached hydrogens (primary N) is 1. The second kappa shape index (κ2) is 39.7. The maximum absolute atomic E-state index is 15.2. The summed E-state index contributed by atoms with van der Waals surface area (Å²) in [6.07, 6.45) is 4.14. The van der Waals surface area contributed by atoms with Crippen LogP contribution in [0.2, 0.25) is 30.1 Å². The number of morpholine rings is 2. The van der Waals surface area contributed by atoms with Crippen LogP contribution in [0.5, 0.6) is 17.2 Å². The Labute approximate surface area is 698 Å². The number of ether oxygens (including phenoxy) is 7. The first-order valence-electron chi connectivity index (χ1n) is 35.3. The predicted octanol–water partition coefficient (Wildman–Crippen LogP) is 13.2. The first-order valence-corrected chi connectivity index (χ1v) is 37.5. The number of carboxylic acids is 1. The monoisotopic (exact) mass is 1700 g/mol. The van der Waals surface area contributed by atoms with Crippen molar-refractivity contribution in [1.29, 1.82) is 0 Å². The maximum atomic E-state index is 15.2. The number of benzene rings is 8. The molecule has 0 bridgehead atoms. The molecule has 0 spiro atoms. The number of amides is 2. The molecule has 2 fully saturated rings. The molecule has 2 saturated heterocycles. The van der Waals surface area contributed by atoms with Crippen LogP contribution in [0, 0.1) is 40.7 Å². The molecule has 0 saturated carbocycles. The van der Waals surface area contributed by atoms with Gasteiger partial charge in [-0.15, -0.1) is 0 Å². The number of carbonyl (C=O) groups excluding carboxylic acids is 4. The van der Waals surface area contributed by atoms with Crippen molar-refractivity contribution in [2.24, 2.45) is 5.73 Å². The number of fused-ring (bicyclic) bond motifs is 3. The van der Waals surface area contributed by atoms with Crippen LogP contribution in [0.3, 0.4) is 0 Å². The van der Waals surface area contributed by atoms with Crippen LogP contribution in [-0.2, 0) is 71.9 Å². The molecule has 2 amide bonds. The number of esters is 2. The zero-order chi connectivity index (χ0) is 79.8. The average molecular weight is 1700 g/mol. The van der Waals surface area contributed by atoms with Gasteiger partial charge in [-0.3, -0.25) is 14.4 Å². The van der Waals surface area contributed by atoms with Crippen LogP contribution in [0.25, 0.3) is 33.4 Å². The van der Waals surface area contributed by atoms with Crippen molar-refractivity contribution in [3.63, 3.8) is 0 Å². The minimum absolute atomic E-state index is 0. The summed E-state index contributed by atoms with van der Waals surface area (Å²) in [6, 6.07) is 18.0. The van der Waals surface area contributed by atoms with Gasteiger partial charge in [-0.1, -0.05) is 106 Å². The SMILES string of the molecule is COC(=O)[C@@H](N)Cc1ccc(-c2c(Cl)cc(F)cc2Cl)c2c1CCCO2.COC(=O)[C@H](Cc1ccc(-c2c(Cl)cc(F)cc2Cl)c2c1CCCO2)NC(=O)c1c(F)cc(N2CCOC[C@@H]2C)cc1F.C[C@H]1COCCN1c1cc(F)c(C(=O)N[C@@H](Cc2ccc(-c3c(Cl)cc(F)cc3Cl)c3c2CCCO3)C(=O)O)c(F)c1.[Na+].[OH-]. The summed E-state index contributed by atoms with van der Waals surface area (Å²) in [6.45, 7) is 7.57. The molecule has 33 heteroatoms. The molecule has 5 aliphatic heterocycles. The predicted molar refractivity (Wildman–Crippen MR) is 410 cm³/mol. The molecule has 5 heterocycles. The Bertz CT molecular complexity index is 4810. The standard InChI is InChI=1S/C31H29Cl2F3N2O5.C30H27Cl2F3N2O5.C19H18Cl2FNO3.Na.H2O/c1-16-15-42-9-7-38(16)19-13-24(35)28(25(36)14-19)30(39)37-26(31(40)41-2)10-17-5-6-21(29-20(17)4-3-8-43-29)27-22(32)11-18(34)12-23(27)33;1-15-14-41-8-6-37(15)18-12-23(34)27(24(35)13-18)29(38)36-25(30(39)40)9-16-4-5-20(28-19(16)3-2-7-42-28)26-21(31)10-17(33)11-22(26)32;1-25-19(24)16(23)7-10-4-5-13(18-12(10)3-2-6-26-18)17-14(20)8-11(22)9-15(17)21;;/h5-6,11-14,16,26H,3-4,7-10,15H2,1-2H3,(H,37,39);4-5,10-13,15,25H,2-3,6-9,14H2,1H3,(H,36,38)(H,39,40);4-5,8-9,16H,2-3,6-7,23H2,1H3;;1H2/q;;;+1;/p-1/t16-,26-;15-,25-;16-;;/m000../s1. The summed E-state index contributed by atoms with van der Waals surface area (Å²) in [5.74, 6) is -9.40. The summed E-state index contributed by atoms with van der Waals surface area (Å²) >= 11 is 37.8. The van der Waals surface area contributed by atoms with Gasteiger partial charge < -0.3 is 69.9 Å². The molecule has 8 aromatic rings. The second-order valence-corrected chi connectivity index (χ2v) is 29.2. The minimum Gasteiger partial charge on any atom is -0.870 e. The van der Waals surface area contributed by atoms with Crippen LogP contribution in [0.15, 0.2) is 97.1 Å². The van der Waals surface area contributed by atoms with E-state index in [1.807, 2.05) is 26.0 Å². The molecular weight excluding hydrogens is 1620 g/mol. The van der Waals surface area contributed by atoms with E-state index in [9.17, 15) is 42.3 Å². The van der Waals surface area contributed by atoms with E-state index in [4.69, 9.17) is 108 Å². The van der Waals surface area contributed by atoms with Gasteiger partial charge in [0.2, 0.25) is 0 Å². The van der Waals surface area contributed by atoms with Gasteiger partial charge in [0.1, 0.15) is 87.2 Å². The third-order valence-electron chi connectivity index (χ3n) is 19.4. The number of hydrogen-bond acceptors (Lipinski definition) is 16. The first kappa shape index (κ1) is 89.1. The number of carboxylic acid groups (broad SMARTS) is 1. The Kier molecular flexibility index (Phi) is 31.3. The second-order valence-electron chi connectivity index (χ2n) is 26.8. The van der Waals surface area contributed by atoms with E-state index in [2.05, 4.69) is 10.6 Å².